The Morgan fingerprint density at radius 1 is 1.28 bits per heavy atom. The summed E-state index contributed by atoms with van der Waals surface area (Å²) < 4.78 is 21.0. The summed E-state index contributed by atoms with van der Waals surface area (Å²) in [5.41, 5.74) is 4.94. The molecule has 32 heavy (non-hydrogen) atoms. The van der Waals surface area contributed by atoms with Crippen LogP contribution in [-0.4, -0.2) is 11.1 Å². The largest absolute Gasteiger partial charge is 0.485 e. The molecule has 3 nitrogen and oxygen atoms in total. The highest BCUT2D eigenvalue weighted by molar-refractivity contribution is 5.72. The maximum Gasteiger partial charge on any atom is 0.304 e. The van der Waals surface area contributed by atoms with Gasteiger partial charge in [0.15, 0.2) is 0 Å². The number of carboxylic acid groups (broad SMARTS) is 1. The highest BCUT2D eigenvalue weighted by Gasteiger charge is 2.30. The summed E-state index contributed by atoms with van der Waals surface area (Å²) in [6.45, 7) is 6.19. The molecule has 2 aromatic carbocycles. The van der Waals surface area contributed by atoms with E-state index >= 15 is 0 Å². The molecule has 0 amide bonds. The molecule has 1 aliphatic heterocycles. The molecule has 0 fully saturated rings. The normalized spacial score (nSPS) is 19.8. The number of hydrogen-bond donors (Lipinski definition) is 1. The van der Waals surface area contributed by atoms with Gasteiger partial charge in [-0.2, -0.15) is 0 Å². The Morgan fingerprint density at radius 2 is 2.09 bits per heavy atom. The molecule has 2 aliphatic rings. The number of fused-ring (bicyclic) bond motifs is 1. The zero-order valence-electron chi connectivity index (χ0n) is 18.9. The first kappa shape index (κ1) is 22.1. The van der Waals surface area contributed by atoms with Crippen molar-refractivity contribution in [2.45, 2.75) is 64.9 Å². The second-order valence-corrected chi connectivity index (χ2v) is 9.33. The van der Waals surface area contributed by atoms with E-state index in [1.165, 1.54) is 5.57 Å². The molecule has 2 aromatic rings. The lowest BCUT2D eigenvalue weighted by Gasteiger charge is -2.29. The van der Waals surface area contributed by atoms with Crippen LogP contribution in [0.4, 0.5) is 4.39 Å². The van der Waals surface area contributed by atoms with Gasteiger partial charge in [0.1, 0.15) is 17.7 Å². The van der Waals surface area contributed by atoms with Gasteiger partial charge in [-0.25, -0.2) is 4.39 Å². The maximum absolute atomic E-state index is 14.8. The highest BCUT2D eigenvalue weighted by atomic mass is 19.1. The van der Waals surface area contributed by atoms with Crippen molar-refractivity contribution >= 4 is 11.5 Å². The van der Waals surface area contributed by atoms with Crippen LogP contribution < -0.4 is 4.74 Å². The number of allylic oxidation sites excluding steroid dienone is 2. The molecule has 0 aromatic heterocycles. The summed E-state index contributed by atoms with van der Waals surface area (Å²) in [5.74, 6) is 5.09. The van der Waals surface area contributed by atoms with Gasteiger partial charge in [0, 0.05) is 5.56 Å². The summed E-state index contributed by atoms with van der Waals surface area (Å²) in [7, 11) is 0. The summed E-state index contributed by atoms with van der Waals surface area (Å²) in [6, 6.07) is 11.1. The van der Waals surface area contributed by atoms with E-state index in [4.69, 9.17) is 4.74 Å². The number of carbonyl (C=O) groups is 1. The summed E-state index contributed by atoms with van der Waals surface area (Å²) in [5, 5.41) is 9.20. The van der Waals surface area contributed by atoms with Crippen LogP contribution in [0.5, 0.6) is 5.75 Å². The molecular formula is C28H29FO3. The van der Waals surface area contributed by atoms with Crippen LogP contribution in [0.25, 0.3) is 5.57 Å². The first-order valence-electron chi connectivity index (χ1n) is 11.2. The minimum absolute atomic E-state index is 0.0344. The maximum atomic E-state index is 14.8. The zero-order valence-corrected chi connectivity index (χ0v) is 18.9. The first-order chi connectivity index (χ1) is 15.3. The third-order valence-corrected chi connectivity index (χ3v) is 6.63. The van der Waals surface area contributed by atoms with Crippen molar-refractivity contribution in [2.24, 2.45) is 5.41 Å². The van der Waals surface area contributed by atoms with E-state index in [9.17, 15) is 14.3 Å². The van der Waals surface area contributed by atoms with Crippen molar-refractivity contribution in [2.75, 3.05) is 0 Å². The minimum atomic E-state index is -0.873. The van der Waals surface area contributed by atoms with Crippen molar-refractivity contribution < 1.29 is 19.0 Å². The van der Waals surface area contributed by atoms with Crippen molar-refractivity contribution in [3.8, 4) is 17.6 Å². The van der Waals surface area contributed by atoms with Crippen LogP contribution in [-0.2, 0) is 11.2 Å². The van der Waals surface area contributed by atoms with Gasteiger partial charge in [0.25, 0.3) is 0 Å². The monoisotopic (exact) mass is 432 g/mol. The first-order valence-corrected chi connectivity index (χ1v) is 11.2. The predicted octanol–water partition coefficient (Wildman–Crippen LogP) is 6.68. The SMILES string of the molecule is CC#CC(CC(=O)O)c1ccc2c(c1)CCC(c1cc(C3=CCCC3(C)C)ccc1F)O2. The topological polar surface area (TPSA) is 46.5 Å². The molecule has 4 heteroatoms. The van der Waals surface area contributed by atoms with E-state index in [-0.39, 0.29) is 29.7 Å². The Kier molecular flexibility index (Phi) is 6.11. The Morgan fingerprint density at radius 3 is 2.78 bits per heavy atom. The number of hydrogen-bond acceptors (Lipinski definition) is 2. The van der Waals surface area contributed by atoms with Crippen molar-refractivity contribution in [1.82, 2.24) is 0 Å². The van der Waals surface area contributed by atoms with Crippen LogP contribution in [0.1, 0.15) is 80.7 Å². The molecule has 0 radical (unpaired) electrons. The lowest BCUT2D eigenvalue weighted by Crippen LogP contribution is -2.17. The fourth-order valence-corrected chi connectivity index (χ4v) is 4.90. The van der Waals surface area contributed by atoms with Crippen LogP contribution in [0.15, 0.2) is 42.5 Å². The molecule has 1 heterocycles. The van der Waals surface area contributed by atoms with Crippen LogP contribution in [0.3, 0.4) is 0 Å². The smallest absolute Gasteiger partial charge is 0.304 e. The molecule has 1 N–H and O–H groups in total. The zero-order chi connectivity index (χ0) is 22.9. The third kappa shape index (κ3) is 4.43. The number of benzene rings is 2. The molecule has 2 atom stereocenters. The summed E-state index contributed by atoms with van der Waals surface area (Å²) >= 11 is 0. The number of aryl methyl sites for hydroxylation is 1. The number of halogens is 1. The Labute approximate surface area is 189 Å². The summed E-state index contributed by atoms with van der Waals surface area (Å²) in [6.07, 6.45) is 5.46. The fraction of sp³-hybridized carbons (Fsp3) is 0.393. The number of aliphatic carboxylic acids is 1. The second kappa shape index (κ2) is 8.82. The Balaban J connectivity index is 1.59. The van der Waals surface area contributed by atoms with Gasteiger partial charge in [0.05, 0.1) is 12.3 Å². The molecule has 4 rings (SSSR count). The van der Waals surface area contributed by atoms with E-state index in [1.807, 2.05) is 30.3 Å². The third-order valence-electron chi connectivity index (χ3n) is 6.63. The van der Waals surface area contributed by atoms with Crippen LogP contribution in [0.2, 0.25) is 0 Å². The molecule has 0 saturated heterocycles. The molecule has 166 valence electrons. The van der Waals surface area contributed by atoms with E-state index < -0.39 is 5.97 Å². The van der Waals surface area contributed by atoms with Gasteiger partial charge in [0.2, 0.25) is 0 Å². The van der Waals surface area contributed by atoms with Crippen molar-refractivity contribution in [1.29, 1.82) is 0 Å². The quantitative estimate of drug-likeness (QED) is 0.536. The molecule has 0 spiro atoms. The van der Waals surface area contributed by atoms with E-state index in [0.29, 0.717) is 12.0 Å². The van der Waals surface area contributed by atoms with E-state index in [2.05, 4.69) is 31.8 Å². The van der Waals surface area contributed by atoms with Crippen LogP contribution in [0, 0.1) is 23.1 Å². The van der Waals surface area contributed by atoms with Gasteiger partial charge in [-0.05, 0) is 78.5 Å². The molecule has 1 aliphatic carbocycles. The highest BCUT2D eigenvalue weighted by Crippen LogP contribution is 2.45. The molecule has 0 saturated carbocycles. The predicted molar refractivity (Wildman–Crippen MR) is 124 cm³/mol. The van der Waals surface area contributed by atoms with Crippen molar-refractivity contribution in [3.63, 3.8) is 0 Å². The van der Waals surface area contributed by atoms with Crippen LogP contribution >= 0.6 is 0 Å². The van der Waals surface area contributed by atoms with E-state index in [0.717, 1.165) is 41.7 Å². The number of carboxylic acids is 1. The van der Waals surface area contributed by atoms with Gasteiger partial charge >= 0.3 is 5.97 Å². The van der Waals surface area contributed by atoms with Crippen molar-refractivity contribution in [3.05, 3.63) is 70.5 Å². The fourth-order valence-electron chi connectivity index (χ4n) is 4.90. The second-order valence-electron chi connectivity index (χ2n) is 9.33. The van der Waals surface area contributed by atoms with Gasteiger partial charge < -0.3 is 9.84 Å². The van der Waals surface area contributed by atoms with Gasteiger partial charge in [-0.1, -0.05) is 44.0 Å². The Hall–Kier alpha value is -3.06. The van der Waals surface area contributed by atoms with E-state index in [1.54, 1.807) is 13.0 Å². The van der Waals surface area contributed by atoms with Gasteiger partial charge in [-0.3, -0.25) is 4.79 Å². The lowest BCUT2D eigenvalue weighted by atomic mass is 9.81. The molecule has 2 unspecified atom stereocenters. The Bertz CT molecular complexity index is 1130. The number of ether oxygens (including phenoxy) is 1. The minimum Gasteiger partial charge on any atom is -0.485 e. The number of rotatable bonds is 5. The standard InChI is InChI=1S/C28H29FO3/c1-4-6-18(17-27(30)31)19-9-12-25-21(15-19)10-13-26(32-25)22-16-20(8-11-24(22)29)23-7-5-14-28(23,2)3/h7-9,11-12,15-16,18,26H,5,10,13-14,17H2,1-3H3,(H,30,31). The molecular weight excluding hydrogens is 403 g/mol. The van der Waals surface area contributed by atoms with Gasteiger partial charge in [-0.15, -0.1) is 5.92 Å². The average molecular weight is 433 g/mol. The summed E-state index contributed by atoms with van der Waals surface area (Å²) in [4.78, 5) is 11.2. The molecule has 0 bridgehead atoms. The average Bonchev–Trinajstić information content (AvgIpc) is 3.12. The lowest BCUT2D eigenvalue weighted by molar-refractivity contribution is -0.137.